The van der Waals surface area contributed by atoms with Crippen LogP contribution >= 0.6 is 11.8 Å². The largest absolute Gasteiger partial charge is 2.00 e. The second kappa shape index (κ2) is 11.3. The summed E-state index contributed by atoms with van der Waals surface area (Å²) in [7, 11) is -10.8. The zero-order valence-electron chi connectivity index (χ0n) is 11.4. The van der Waals surface area contributed by atoms with E-state index < -0.39 is 42.6 Å². The van der Waals surface area contributed by atoms with Gasteiger partial charge in [-0.2, -0.15) is 11.8 Å². The van der Waals surface area contributed by atoms with E-state index in [-0.39, 0.29) is 16.8 Å². The summed E-state index contributed by atoms with van der Waals surface area (Å²) in [4.78, 5) is 20.3. The van der Waals surface area contributed by atoms with Crippen molar-refractivity contribution >= 4 is 43.8 Å². The van der Waals surface area contributed by atoms with E-state index in [0.29, 0.717) is 13.3 Å². The Morgan fingerprint density at radius 3 is 1.68 bits per heavy atom. The Morgan fingerprint density at radius 1 is 1.18 bits per heavy atom. The second-order valence-corrected chi connectivity index (χ2v) is 7.85. The summed E-state index contributed by atoms with van der Waals surface area (Å²) >= 11 is 1.60. The first-order valence-corrected chi connectivity index (χ1v) is 9.46. The van der Waals surface area contributed by atoms with Crippen molar-refractivity contribution in [1.82, 2.24) is 0 Å². The monoisotopic (exact) mass is 424 g/mol. The average Bonchev–Trinajstić information content (AvgIpc) is 2.21. The molecule has 3 N–H and O–H groups in total. The summed E-state index contributed by atoms with van der Waals surface area (Å²) in [6.07, 6.45) is 2.48. The van der Waals surface area contributed by atoms with Gasteiger partial charge in [0.15, 0.2) is 10.4 Å². The van der Waals surface area contributed by atoms with Crippen molar-refractivity contribution in [2.45, 2.75) is 24.0 Å². The third-order valence-electron chi connectivity index (χ3n) is 1.81. The van der Waals surface area contributed by atoms with Crippen LogP contribution in [-0.4, -0.2) is 65.4 Å². The van der Waals surface area contributed by atoms with Crippen molar-refractivity contribution in [1.29, 1.82) is 0 Å². The van der Waals surface area contributed by atoms with Crippen LogP contribution in [0.1, 0.15) is 13.3 Å². The number of nitrogens with two attached hydrogens (primary N) is 1. The Kier molecular flexibility index (Phi) is 13.7. The SMILES string of the molecule is CC(=O)C(S(=O)(=O)[O-])S(=O)(=O)[O-].CSCC[C@H](N)C(=O)O.[Co+2]. The molecule has 0 bridgehead atoms. The Hall–Kier alpha value is -0.224. The first-order valence-electron chi connectivity index (χ1n) is 5.12. The fourth-order valence-corrected chi connectivity index (χ4v) is 3.38. The maximum atomic E-state index is 10.3. The Bertz CT molecular complexity index is 527. The molecule has 0 amide bonds. The van der Waals surface area contributed by atoms with Crippen LogP contribution in [-0.2, 0) is 46.6 Å². The standard InChI is InChI=1S/C5H11NO2S.C3H6O7S2.Co/c1-9-3-2-4(6)5(7)8;1-2(4)3(11(5,6)7)12(8,9)10;/h4H,2-3,6H2,1H3,(H,7,8);3H,1H3,(H,5,6,7)(H,8,9,10);/q;;+2/p-2/t4-;;/m0../s1. The Balaban J connectivity index is -0.000000326. The summed E-state index contributed by atoms with van der Waals surface area (Å²) < 4.78 is 57.4. The number of ketones is 1. The second-order valence-electron chi connectivity index (χ2n) is 3.65. The molecule has 14 heteroatoms. The molecular formula is C8H15CoNO9S3. The van der Waals surface area contributed by atoms with Crippen LogP contribution in [0.4, 0.5) is 0 Å². The predicted octanol–water partition coefficient (Wildman–Crippen LogP) is -1.86. The molecule has 0 aromatic carbocycles. The molecule has 133 valence electrons. The van der Waals surface area contributed by atoms with Crippen LogP contribution < -0.4 is 5.73 Å². The minimum absolute atomic E-state index is 0. The van der Waals surface area contributed by atoms with Gasteiger partial charge >= 0.3 is 22.7 Å². The van der Waals surface area contributed by atoms with E-state index in [9.17, 15) is 35.5 Å². The average molecular weight is 424 g/mol. The van der Waals surface area contributed by atoms with Crippen molar-refractivity contribution < 1.29 is 57.4 Å². The number of Topliss-reactive ketones (excluding diaryl/α,β-unsaturated/α-hetero) is 1. The van der Waals surface area contributed by atoms with Gasteiger partial charge in [0.05, 0.1) is 0 Å². The smallest absolute Gasteiger partial charge is 0.747 e. The number of hydrogen-bond acceptors (Lipinski definition) is 10. The fourth-order valence-electron chi connectivity index (χ4n) is 0.919. The number of carbonyl (C=O) groups is 2. The van der Waals surface area contributed by atoms with Gasteiger partial charge < -0.3 is 19.9 Å². The zero-order chi connectivity index (χ0) is 17.4. The van der Waals surface area contributed by atoms with Crippen LogP contribution in [0, 0.1) is 0 Å². The molecule has 0 aliphatic rings. The maximum Gasteiger partial charge on any atom is 2.00 e. The molecule has 10 nitrogen and oxygen atoms in total. The number of carboxylic acid groups (broad SMARTS) is 1. The Labute approximate surface area is 142 Å². The fraction of sp³-hybridized carbons (Fsp3) is 0.750. The summed E-state index contributed by atoms with van der Waals surface area (Å²) in [5.74, 6) is -1.60. The van der Waals surface area contributed by atoms with Gasteiger partial charge in [-0.3, -0.25) is 9.59 Å². The first kappa shape index (κ1) is 26.7. The Morgan fingerprint density at radius 2 is 1.55 bits per heavy atom. The van der Waals surface area contributed by atoms with Gasteiger partial charge in [0.1, 0.15) is 26.3 Å². The van der Waals surface area contributed by atoms with E-state index >= 15 is 0 Å². The molecule has 0 aliphatic heterocycles. The van der Waals surface area contributed by atoms with Gasteiger partial charge in [0, 0.05) is 0 Å². The number of rotatable bonds is 7. The molecule has 1 radical (unpaired) electrons. The molecule has 0 unspecified atom stereocenters. The molecule has 0 spiro atoms. The number of carboxylic acids is 1. The number of thioether (sulfide) groups is 1. The molecule has 0 aromatic rings. The van der Waals surface area contributed by atoms with Crippen LogP contribution in [0.15, 0.2) is 0 Å². The molecule has 0 aromatic heterocycles. The van der Waals surface area contributed by atoms with Crippen molar-refractivity contribution in [2.75, 3.05) is 12.0 Å². The number of hydrogen-bond donors (Lipinski definition) is 2. The molecule has 0 saturated heterocycles. The maximum absolute atomic E-state index is 10.3. The van der Waals surface area contributed by atoms with Gasteiger partial charge in [-0.1, -0.05) is 0 Å². The summed E-state index contributed by atoms with van der Waals surface area (Å²) in [6.45, 7) is 0.537. The van der Waals surface area contributed by atoms with Crippen molar-refractivity contribution in [3.8, 4) is 0 Å². The molecular weight excluding hydrogens is 409 g/mol. The van der Waals surface area contributed by atoms with E-state index in [0.717, 1.165) is 5.75 Å². The third kappa shape index (κ3) is 12.3. The van der Waals surface area contributed by atoms with Crippen molar-refractivity contribution in [3.05, 3.63) is 0 Å². The summed E-state index contributed by atoms with van der Waals surface area (Å²) in [5, 5.41) is 8.27. The third-order valence-corrected chi connectivity index (χ3v) is 5.58. The van der Waals surface area contributed by atoms with E-state index in [2.05, 4.69) is 0 Å². The van der Waals surface area contributed by atoms with Crippen LogP contribution in [0.3, 0.4) is 0 Å². The molecule has 1 atom stereocenters. The zero-order valence-corrected chi connectivity index (χ0v) is 14.9. The van der Waals surface area contributed by atoms with Crippen molar-refractivity contribution in [3.63, 3.8) is 0 Å². The van der Waals surface area contributed by atoms with E-state index in [1.165, 1.54) is 0 Å². The van der Waals surface area contributed by atoms with Gasteiger partial charge in [-0.25, -0.2) is 16.8 Å². The van der Waals surface area contributed by atoms with Crippen LogP contribution in [0.5, 0.6) is 0 Å². The normalized spacial score (nSPS) is 12.6. The molecule has 0 heterocycles. The van der Waals surface area contributed by atoms with E-state index in [1.807, 2.05) is 6.26 Å². The van der Waals surface area contributed by atoms with Crippen LogP contribution in [0.25, 0.3) is 0 Å². The molecule has 0 aliphatic carbocycles. The molecule has 0 saturated carbocycles. The molecule has 22 heavy (non-hydrogen) atoms. The van der Waals surface area contributed by atoms with Gasteiger partial charge in [-0.15, -0.1) is 0 Å². The molecule has 0 rings (SSSR count). The quantitative estimate of drug-likeness (QED) is 0.435. The van der Waals surface area contributed by atoms with Gasteiger partial charge in [-0.05, 0) is 25.4 Å². The minimum atomic E-state index is -5.42. The predicted molar refractivity (Wildman–Crippen MR) is 72.5 cm³/mol. The first-order chi connectivity index (χ1) is 9.25. The number of aliphatic carboxylic acids is 1. The topological polar surface area (TPSA) is 195 Å². The van der Waals surface area contributed by atoms with E-state index in [1.54, 1.807) is 11.8 Å². The van der Waals surface area contributed by atoms with Gasteiger partial charge in [0.2, 0.25) is 0 Å². The summed E-state index contributed by atoms with van der Waals surface area (Å²) in [5.41, 5.74) is 5.19. The number of carbonyl (C=O) groups excluding carboxylic acids is 1. The van der Waals surface area contributed by atoms with Crippen LogP contribution in [0.2, 0.25) is 0 Å². The van der Waals surface area contributed by atoms with Gasteiger partial charge in [0.25, 0.3) is 0 Å². The minimum Gasteiger partial charge on any atom is -0.747 e. The van der Waals surface area contributed by atoms with Crippen molar-refractivity contribution in [2.24, 2.45) is 5.73 Å². The summed E-state index contributed by atoms with van der Waals surface area (Å²) in [6, 6.07) is -0.683. The van der Waals surface area contributed by atoms with E-state index in [4.69, 9.17) is 10.8 Å². The molecule has 0 fully saturated rings.